The van der Waals surface area contributed by atoms with E-state index in [0.717, 1.165) is 17.7 Å². The van der Waals surface area contributed by atoms with Gasteiger partial charge in [0, 0.05) is 0 Å². The van der Waals surface area contributed by atoms with Crippen molar-refractivity contribution in [1.29, 1.82) is 0 Å². The summed E-state index contributed by atoms with van der Waals surface area (Å²) >= 11 is 0. The molecule has 1 aromatic carbocycles. The number of aromatic carboxylic acids is 1. The Kier molecular flexibility index (Phi) is 2.37. The molecule has 1 aliphatic heterocycles. The van der Waals surface area contributed by atoms with E-state index in [-0.39, 0.29) is 11.6 Å². The standard InChI is InChI=1S/C14H12N2O2/c1-8-4-2-6-10-12(8)16-13-9(14(17)18)5-3-7-11(13)15-10/h2-5,7,10H,6H2,1H3,(H,17,18). The largest absolute Gasteiger partial charge is 0.478 e. The van der Waals surface area contributed by atoms with Crippen LogP contribution >= 0.6 is 0 Å². The van der Waals surface area contributed by atoms with Gasteiger partial charge in [0.2, 0.25) is 0 Å². The highest BCUT2D eigenvalue weighted by atomic mass is 16.4. The van der Waals surface area contributed by atoms with Crippen molar-refractivity contribution < 1.29 is 9.90 Å². The third-order valence-corrected chi connectivity index (χ3v) is 3.22. The van der Waals surface area contributed by atoms with Crippen LogP contribution in [-0.2, 0) is 0 Å². The van der Waals surface area contributed by atoms with Crippen molar-refractivity contribution in [2.24, 2.45) is 9.98 Å². The predicted molar refractivity (Wildman–Crippen MR) is 66.0 cm³/mol. The van der Waals surface area contributed by atoms with E-state index in [1.165, 1.54) is 0 Å². The van der Waals surface area contributed by atoms with Crippen LogP contribution < -0.4 is 10.7 Å². The minimum atomic E-state index is -0.964. The lowest BCUT2D eigenvalue weighted by molar-refractivity contribution is 0.0695. The summed E-state index contributed by atoms with van der Waals surface area (Å²) in [7, 11) is 0. The second-order valence-corrected chi connectivity index (χ2v) is 4.44. The van der Waals surface area contributed by atoms with Gasteiger partial charge in [-0.25, -0.2) is 9.79 Å². The molecule has 1 heterocycles. The number of rotatable bonds is 1. The lowest BCUT2D eigenvalue weighted by Crippen LogP contribution is -2.37. The van der Waals surface area contributed by atoms with Gasteiger partial charge in [-0.1, -0.05) is 18.2 Å². The number of hydrogen-bond donors (Lipinski definition) is 1. The summed E-state index contributed by atoms with van der Waals surface area (Å²) in [5.41, 5.74) is 2.16. The number of carboxylic acids is 1. The zero-order valence-corrected chi connectivity index (χ0v) is 9.92. The Hall–Kier alpha value is -2.23. The molecule has 0 radical (unpaired) electrons. The van der Waals surface area contributed by atoms with Crippen LogP contribution in [0.25, 0.3) is 0 Å². The number of allylic oxidation sites excluding steroid dienone is 2. The summed E-state index contributed by atoms with van der Waals surface area (Å²) in [4.78, 5) is 20.3. The van der Waals surface area contributed by atoms with Crippen molar-refractivity contribution in [2.45, 2.75) is 19.4 Å². The van der Waals surface area contributed by atoms with Crippen LogP contribution in [0, 0.1) is 0 Å². The number of fused-ring (bicyclic) bond motifs is 2. The average molecular weight is 240 g/mol. The molecule has 0 aromatic heterocycles. The van der Waals surface area contributed by atoms with Gasteiger partial charge in [0.1, 0.15) is 5.36 Å². The van der Waals surface area contributed by atoms with E-state index in [2.05, 4.69) is 16.1 Å². The van der Waals surface area contributed by atoms with Crippen LogP contribution in [0.1, 0.15) is 23.7 Å². The topological polar surface area (TPSA) is 62.0 Å². The third-order valence-electron chi connectivity index (χ3n) is 3.22. The molecule has 0 saturated heterocycles. The summed E-state index contributed by atoms with van der Waals surface area (Å²) in [6, 6.07) is 5.12. The molecule has 0 saturated carbocycles. The predicted octanol–water partition coefficient (Wildman–Crippen LogP) is 1.24. The molecular formula is C14H12N2O2. The first-order chi connectivity index (χ1) is 8.66. The third kappa shape index (κ3) is 1.57. The van der Waals surface area contributed by atoms with Crippen LogP contribution in [0.4, 0.5) is 0 Å². The number of carbonyl (C=O) groups is 1. The fraction of sp³-hybridized carbons (Fsp3) is 0.214. The van der Waals surface area contributed by atoms with Crippen LogP contribution in [0.3, 0.4) is 0 Å². The molecule has 0 fully saturated rings. The smallest absolute Gasteiger partial charge is 0.337 e. The Bertz CT molecular complexity index is 714. The molecular weight excluding hydrogens is 228 g/mol. The molecule has 18 heavy (non-hydrogen) atoms. The van der Waals surface area contributed by atoms with Gasteiger partial charge in [-0.15, -0.1) is 0 Å². The fourth-order valence-electron chi connectivity index (χ4n) is 2.32. The molecule has 3 rings (SSSR count). The normalized spacial score (nSPS) is 20.6. The maximum Gasteiger partial charge on any atom is 0.337 e. The molecule has 4 heteroatoms. The van der Waals surface area contributed by atoms with Crippen molar-refractivity contribution in [3.8, 4) is 0 Å². The number of hydrogen-bond acceptors (Lipinski definition) is 3. The first-order valence-corrected chi connectivity index (χ1v) is 5.83. The fourth-order valence-corrected chi connectivity index (χ4v) is 2.32. The van der Waals surface area contributed by atoms with Crippen LogP contribution in [0.15, 0.2) is 51.6 Å². The van der Waals surface area contributed by atoms with Gasteiger partial charge in [0.25, 0.3) is 0 Å². The van der Waals surface area contributed by atoms with Crippen molar-refractivity contribution in [2.75, 3.05) is 0 Å². The van der Waals surface area contributed by atoms with Crippen molar-refractivity contribution in [3.05, 3.63) is 57.9 Å². The summed E-state index contributed by atoms with van der Waals surface area (Å²) in [6.07, 6.45) is 4.92. The van der Waals surface area contributed by atoms with Crippen LogP contribution in [0.5, 0.6) is 0 Å². The van der Waals surface area contributed by atoms with E-state index >= 15 is 0 Å². The Morgan fingerprint density at radius 2 is 2.28 bits per heavy atom. The van der Waals surface area contributed by atoms with E-state index in [1.54, 1.807) is 12.1 Å². The molecule has 0 bridgehead atoms. The maximum atomic E-state index is 11.2. The second kappa shape index (κ2) is 3.91. The summed E-state index contributed by atoms with van der Waals surface area (Å²) < 4.78 is 0. The Morgan fingerprint density at radius 1 is 1.44 bits per heavy atom. The van der Waals surface area contributed by atoms with E-state index in [0.29, 0.717) is 10.7 Å². The van der Waals surface area contributed by atoms with Gasteiger partial charge in [0.15, 0.2) is 0 Å². The minimum Gasteiger partial charge on any atom is -0.478 e. The molecule has 90 valence electrons. The molecule has 1 aromatic rings. The zero-order valence-electron chi connectivity index (χ0n) is 9.92. The first-order valence-electron chi connectivity index (χ1n) is 5.83. The van der Waals surface area contributed by atoms with E-state index < -0.39 is 5.97 Å². The Morgan fingerprint density at radius 3 is 3.06 bits per heavy atom. The molecule has 1 atom stereocenters. The molecule has 1 unspecified atom stereocenters. The summed E-state index contributed by atoms with van der Waals surface area (Å²) in [6.45, 7) is 1.98. The molecule has 4 nitrogen and oxygen atoms in total. The van der Waals surface area contributed by atoms with Gasteiger partial charge in [-0.3, -0.25) is 4.99 Å². The highest BCUT2D eigenvalue weighted by Gasteiger charge is 2.21. The molecule has 2 aliphatic rings. The maximum absolute atomic E-state index is 11.2. The van der Waals surface area contributed by atoms with Crippen molar-refractivity contribution in [1.82, 2.24) is 0 Å². The van der Waals surface area contributed by atoms with Crippen LogP contribution in [0.2, 0.25) is 0 Å². The number of para-hydroxylation sites is 1. The van der Waals surface area contributed by atoms with Gasteiger partial charge in [-0.05, 0) is 31.1 Å². The van der Waals surface area contributed by atoms with Crippen molar-refractivity contribution >= 4 is 5.97 Å². The molecule has 1 aliphatic carbocycles. The quantitative estimate of drug-likeness (QED) is 0.802. The molecule has 1 N–H and O–H groups in total. The van der Waals surface area contributed by atoms with Crippen molar-refractivity contribution in [3.63, 3.8) is 0 Å². The highest BCUT2D eigenvalue weighted by molar-refractivity contribution is 5.87. The number of benzene rings is 1. The Labute approximate surface area is 104 Å². The van der Waals surface area contributed by atoms with Gasteiger partial charge < -0.3 is 5.11 Å². The lowest BCUT2D eigenvalue weighted by atomic mass is 9.98. The van der Waals surface area contributed by atoms with Gasteiger partial charge >= 0.3 is 5.97 Å². The first kappa shape index (κ1) is 10.9. The minimum absolute atomic E-state index is 0.0338. The lowest BCUT2D eigenvalue weighted by Gasteiger charge is -2.20. The van der Waals surface area contributed by atoms with Crippen LogP contribution in [-0.4, -0.2) is 17.1 Å². The average Bonchev–Trinajstić information content (AvgIpc) is 2.36. The second-order valence-electron chi connectivity index (χ2n) is 4.44. The molecule has 0 amide bonds. The monoisotopic (exact) mass is 240 g/mol. The zero-order chi connectivity index (χ0) is 12.7. The summed E-state index contributed by atoms with van der Waals surface area (Å²) in [5.74, 6) is -0.964. The van der Waals surface area contributed by atoms with E-state index in [9.17, 15) is 9.90 Å². The number of carboxylic acid groups (broad SMARTS) is 1. The Balaban J connectivity index is 2.36. The SMILES string of the molecule is CC1=C2N=c3c(C(=O)O)cccc3=NC2CC=C1. The van der Waals surface area contributed by atoms with E-state index in [1.807, 2.05) is 19.1 Å². The van der Waals surface area contributed by atoms with E-state index in [4.69, 9.17) is 0 Å². The van der Waals surface area contributed by atoms with Gasteiger partial charge in [-0.2, -0.15) is 0 Å². The van der Waals surface area contributed by atoms with Gasteiger partial charge in [0.05, 0.1) is 22.7 Å². The molecule has 0 spiro atoms. The summed E-state index contributed by atoms with van der Waals surface area (Å²) in [5, 5.41) is 10.3. The number of nitrogens with zero attached hydrogens (tertiary/aromatic N) is 2. The highest BCUT2D eigenvalue weighted by Crippen LogP contribution is 2.23.